The fourth-order valence-corrected chi connectivity index (χ4v) is 4.52. The number of methoxy groups -OCH3 is 1. The molecule has 2 amide bonds. The third-order valence-electron chi connectivity index (χ3n) is 5.08. The van der Waals surface area contributed by atoms with Crippen molar-refractivity contribution >= 4 is 46.9 Å². The van der Waals surface area contributed by atoms with E-state index in [0.29, 0.717) is 27.7 Å². The van der Waals surface area contributed by atoms with E-state index in [0.717, 1.165) is 21.8 Å². The summed E-state index contributed by atoms with van der Waals surface area (Å²) in [6.07, 6.45) is 1.85. The molecule has 1 N–H and O–H groups in total. The normalized spacial score (nSPS) is 14.3. The highest BCUT2D eigenvalue weighted by Gasteiger charge is 2.27. The Labute approximate surface area is 196 Å². The second-order valence-electron chi connectivity index (χ2n) is 7.24. The number of likely N-dealkylation sites (N-methyl/N-ethyl adjacent to an activating group) is 1. The number of carbonyl (C=O) groups excluding carboxylic acids is 2. The average Bonchev–Trinajstić information content (AvgIpc) is 2.81. The number of thioether (sulfide) groups is 1. The van der Waals surface area contributed by atoms with Gasteiger partial charge in [-0.3, -0.25) is 9.59 Å². The Morgan fingerprint density at radius 1 is 1.12 bits per heavy atom. The molecule has 3 aromatic carbocycles. The number of hydrogen-bond acceptors (Lipinski definition) is 4. The minimum atomic E-state index is -0.202. The molecule has 0 atom stereocenters. The van der Waals surface area contributed by atoms with Gasteiger partial charge in [0.05, 0.1) is 17.7 Å². The number of benzene rings is 3. The van der Waals surface area contributed by atoms with Crippen molar-refractivity contribution in [3.63, 3.8) is 0 Å². The van der Waals surface area contributed by atoms with Crippen molar-refractivity contribution in [1.82, 2.24) is 5.32 Å². The Morgan fingerprint density at radius 2 is 1.91 bits per heavy atom. The fraction of sp³-hybridized carbons (Fsp3) is 0.120. The summed E-state index contributed by atoms with van der Waals surface area (Å²) in [5, 5.41) is 3.56. The number of carbonyl (C=O) groups is 2. The summed E-state index contributed by atoms with van der Waals surface area (Å²) in [6.45, 7) is 0.393. The van der Waals surface area contributed by atoms with Crippen LogP contribution in [-0.4, -0.2) is 26.0 Å². The van der Waals surface area contributed by atoms with Crippen LogP contribution in [0.15, 0.2) is 76.5 Å². The van der Waals surface area contributed by atoms with Crippen LogP contribution in [0.5, 0.6) is 5.75 Å². The number of ether oxygens (including phenoxy) is 1. The Hall–Kier alpha value is -3.22. The van der Waals surface area contributed by atoms with E-state index in [4.69, 9.17) is 16.3 Å². The van der Waals surface area contributed by atoms with Crippen LogP contribution >= 0.6 is 23.4 Å². The van der Waals surface area contributed by atoms with Crippen molar-refractivity contribution in [3.8, 4) is 5.75 Å². The second-order valence-corrected chi connectivity index (χ2v) is 8.76. The van der Waals surface area contributed by atoms with E-state index in [-0.39, 0.29) is 11.8 Å². The van der Waals surface area contributed by atoms with Crippen molar-refractivity contribution in [2.24, 2.45) is 0 Å². The minimum Gasteiger partial charge on any atom is -0.497 e. The smallest absolute Gasteiger partial charge is 0.264 e. The molecular weight excluding hydrogens is 444 g/mol. The zero-order valence-corrected chi connectivity index (χ0v) is 19.2. The van der Waals surface area contributed by atoms with Crippen molar-refractivity contribution in [2.75, 3.05) is 19.1 Å². The first-order chi connectivity index (χ1) is 15.4. The number of nitrogens with zero attached hydrogens (tertiary/aromatic N) is 1. The summed E-state index contributed by atoms with van der Waals surface area (Å²) in [6, 6.07) is 20.3. The molecule has 0 unspecified atom stereocenters. The SMILES string of the molecule is COc1cccc(C=C2Sc3ccc(C(=O)NCc4ccc(Cl)cc4)cc3N(C)C2=O)c1. The highest BCUT2D eigenvalue weighted by atomic mass is 35.5. The van der Waals surface area contributed by atoms with Crippen molar-refractivity contribution in [2.45, 2.75) is 11.4 Å². The van der Waals surface area contributed by atoms with Crippen LogP contribution in [0.1, 0.15) is 21.5 Å². The summed E-state index contributed by atoms with van der Waals surface area (Å²) >= 11 is 7.30. The molecule has 1 aliphatic rings. The standard InChI is InChI=1S/C25H21ClN2O3S/c1-28-21-14-18(24(29)27-15-16-6-9-19(26)10-7-16)8-11-22(21)32-23(25(28)30)13-17-4-3-5-20(12-17)31-2/h3-14H,15H2,1-2H3,(H,27,29). The highest BCUT2D eigenvalue weighted by molar-refractivity contribution is 8.04. The molecule has 1 heterocycles. The predicted molar refractivity (Wildman–Crippen MR) is 129 cm³/mol. The van der Waals surface area contributed by atoms with Crippen molar-refractivity contribution < 1.29 is 14.3 Å². The summed E-state index contributed by atoms with van der Waals surface area (Å²) in [4.78, 5) is 28.7. The van der Waals surface area contributed by atoms with Gasteiger partial charge in [0.2, 0.25) is 0 Å². The Morgan fingerprint density at radius 3 is 2.66 bits per heavy atom. The van der Waals surface area contributed by atoms with Crippen LogP contribution < -0.4 is 15.0 Å². The molecule has 0 radical (unpaired) electrons. The number of halogens is 1. The maximum atomic E-state index is 13.0. The highest BCUT2D eigenvalue weighted by Crippen LogP contribution is 2.42. The average molecular weight is 465 g/mol. The number of hydrogen-bond donors (Lipinski definition) is 1. The van der Waals surface area contributed by atoms with Gasteiger partial charge >= 0.3 is 0 Å². The first kappa shape index (κ1) is 22.0. The lowest BCUT2D eigenvalue weighted by Gasteiger charge is -2.27. The molecule has 0 fully saturated rings. The van der Waals surface area contributed by atoms with Gasteiger partial charge in [0.1, 0.15) is 5.75 Å². The van der Waals surface area contributed by atoms with Crippen molar-refractivity contribution in [3.05, 3.63) is 93.3 Å². The second kappa shape index (κ2) is 9.51. The quantitative estimate of drug-likeness (QED) is 0.514. The maximum absolute atomic E-state index is 13.0. The summed E-state index contributed by atoms with van der Waals surface area (Å²) < 4.78 is 5.26. The Balaban J connectivity index is 1.52. The number of amides is 2. The van der Waals surface area contributed by atoms with Crippen LogP contribution in [-0.2, 0) is 11.3 Å². The summed E-state index contributed by atoms with van der Waals surface area (Å²) in [5.41, 5.74) is 3.05. The van der Waals surface area contributed by atoms with Gasteiger partial charge in [-0.15, -0.1) is 0 Å². The van der Waals surface area contributed by atoms with E-state index in [9.17, 15) is 9.59 Å². The lowest BCUT2D eigenvalue weighted by atomic mass is 10.1. The van der Waals surface area contributed by atoms with Gasteiger partial charge in [-0.25, -0.2) is 0 Å². The third-order valence-corrected chi connectivity index (χ3v) is 6.41. The molecule has 7 heteroatoms. The topological polar surface area (TPSA) is 58.6 Å². The molecule has 4 rings (SSSR count). The lowest BCUT2D eigenvalue weighted by Crippen LogP contribution is -2.31. The number of nitrogens with one attached hydrogen (secondary N) is 1. The van der Waals surface area contributed by atoms with Gasteiger partial charge in [0.25, 0.3) is 11.8 Å². The summed E-state index contributed by atoms with van der Waals surface area (Å²) in [5.74, 6) is 0.408. The molecule has 32 heavy (non-hydrogen) atoms. The first-order valence-electron chi connectivity index (χ1n) is 9.93. The van der Waals surface area contributed by atoms with E-state index in [1.807, 2.05) is 48.5 Å². The van der Waals surface area contributed by atoms with Gasteiger partial charge < -0.3 is 15.0 Å². The van der Waals surface area contributed by atoms with E-state index < -0.39 is 0 Å². The number of anilines is 1. The van der Waals surface area contributed by atoms with Crippen molar-refractivity contribution in [1.29, 1.82) is 0 Å². The van der Waals surface area contributed by atoms with Crippen LogP contribution in [0.4, 0.5) is 5.69 Å². The summed E-state index contributed by atoms with van der Waals surface area (Å²) in [7, 11) is 3.33. The van der Waals surface area contributed by atoms with Gasteiger partial charge in [-0.05, 0) is 59.7 Å². The van der Waals surface area contributed by atoms with E-state index in [1.54, 1.807) is 43.3 Å². The van der Waals surface area contributed by atoms with Crippen LogP contribution in [0.25, 0.3) is 6.08 Å². The van der Waals surface area contributed by atoms with E-state index in [2.05, 4.69) is 5.32 Å². The van der Waals surface area contributed by atoms with Gasteiger partial charge in [-0.2, -0.15) is 0 Å². The Bertz CT molecular complexity index is 1210. The van der Waals surface area contributed by atoms with Crippen LogP contribution in [0.3, 0.4) is 0 Å². The fourth-order valence-electron chi connectivity index (χ4n) is 3.30. The molecule has 0 saturated heterocycles. The molecule has 3 aromatic rings. The van der Waals surface area contributed by atoms with E-state index in [1.165, 1.54) is 11.8 Å². The van der Waals surface area contributed by atoms with E-state index >= 15 is 0 Å². The number of fused-ring (bicyclic) bond motifs is 1. The molecule has 5 nitrogen and oxygen atoms in total. The molecular formula is C25H21ClN2O3S. The molecule has 0 aromatic heterocycles. The lowest BCUT2D eigenvalue weighted by molar-refractivity contribution is -0.114. The zero-order chi connectivity index (χ0) is 22.7. The predicted octanol–water partition coefficient (Wildman–Crippen LogP) is 5.39. The molecule has 162 valence electrons. The number of rotatable bonds is 5. The first-order valence-corrected chi connectivity index (χ1v) is 11.1. The molecule has 0 bridgehead atoms. The van der Waals surface area contributed by atoms with Crippen LogP contribution in [0, 0.1) is 0 Å². The van der Waals surface area contributed by atoms with Gasteiger partial charge in [0.15, 0.2) is 0 Å². The molecule has 0 saturated carbocycles. The van der Waals surface area contributed by atoms with Gasteiger partial charge in [0, 0.05) is 29.1 Å². The largest absolute Gasteiger partial charge is 0.497 e. The maximum Gasteiger partial charge on any atom is 0.264 e. The molecule has 0 spiro atoms. The monoisotopic (exact) mass is 464 g/mol. The zero-order valence-electron chi connectivity index (χ0n) is 17.6. The third kappa shape index (κ3) is 4.82. The van der Waals surface area contributed by atoms with Crippen LogP contribution in [0.2, 0.25) is 5.02 Å². The van der Waals surface area contributed by atoms with Gasteiger partial charge in [-0.1, -0.05) is 47.6 Å². The molecule has 0 aliphatic carbocycles. The Kier molecular flexibility index (Phi) is 6.53. The minimum absolute atomic E-state index is 0.121. The molecule has 1 aliphatic heterocycles.